The summed E-state index contributed by atoms with van der Waals surface area (Å²) in [5.41, 5.74) is -0.0924. The Hall–Kier alpha value is -2.77. The molecule has 1 atom stereocenters. The molecule has 0 aliphatic heterocycles. The summed E-state index contributed by atoms with van der Waals surface area (Å²) in [6.45, 7) is 12.5. The van der Waals surface area contributed by atoms with E-state index in [4.69, 9.17) is 14.2 Å². The van der Waals surface area contributed by atoms with Crippen molar-refractivity contribution in [3.8, 4) is 0 Å². The quantitative estimate of drug-likeness (QED) is 0.540. The summed E-state index contributed by atoms with van der Waals surface area (Å²) < 4.78 is 15.5. The summed E-state index contributed by atoms with van der Waals surface area (Å²) >= 11 is 0. The van der Waals surface area contributed by atoms with Crippen molar-refractivity contribution in [2.75, 3.05) is 18.5 Å². The lowest BCUT2D eigenvalue weighted by molar-refractivity contribution is -0.144. The van der Waals surface area contributed by atoms with E-state index < -0.39 is 35.3 Å². The summed E-state index contributed by atoms with van der Waals surface area (Å²) in [5, 5.41) is 5.23. The van der Waals surface area contributed by atoms with Crippen LogP contribution in [0.1, 0.15) is 59.9 Å². The third-order valence-electron chi connectivity index (χ3n) is 3.38. The summed E-state index contributed by atoms with van der Waals surface area (Å²) in [6, 6.07) is 6.67. The van der Waals surface area contributed by atoms with E-state index in [2.05, 4.69) is 10.6 Å². The SMILES string of the molecule is CCOC(=O)C(CNC(=O)OC(C)(C)C)c1ccc(NC(=O)OC(C)(C)C)cc1. The number of nitrogens with one attached hydrogen (secondary N) is 2. The molecule has 2 N–H and O–H groups in total. The lowest BCUT2D eigenvalue weighted by Crippen LogP contribution is -2.36. The van der Waals surface area contributed by atoms with Crippen molar-refractivity contribution < 1.29 is 28.6 Å². The standard InChI is InChI=1S/C21H32N2O6/c1-8-27-17(24)16(13-22-18(25)28-20(2,3)4)14-9-11-15(12-10-14)23-19(26)29-21(5,6)7/h9-12,16H,8,13H2,1-7H3,(H,22,25)(H,23,26). The molecule has 8 heteroatoms. The maximum absolute atomic E-state index is 12.4. The van der Waals surface area contributed by atoms with Crippen LogP contribution in [-0.4, -0.2) is 42.5 Å². The van der Waals surface area contributed by atoms with Crippen LogP contribution in [0.25, 0.3) is 0 Å². The molecule has 0 saturated carbocycles. The second-order valence-corrected chi connectivity index (χ2v) is 8.44. The smallest absolute Gasteiger partial charge is 0.412 e. The van der Waals surface area contributed by atoms with Gasteiger partial charge in [0.15, 0.2) is 0 Å². The second-order valence-electron chi connectivity index (χ2n) is 8.44. The van der Waals surface area contributed by atoms with Crippen LogP contribution in [0.15, 0.2) is 24.3 Å². The van der Waals surface area contributed by atoms with E-state index in [0.717, 1.165) is 0 Å². The molecular formula is C21H32N2O6. The molecule has 29 heavy (non-hydrogen) atoms. The van der Waals surface area contributed by atoms with E-state index in [0.29, 0.717) is 11.3 Å². The van der Waals surface area contributed by atoms with E-state index in [1.54, 1.807) is 72.7 Å². The van der Waals surface area contributed by atoms with Crippen LogP contribution in [0, 0.1) is 0 Å². The summed E-state index contributed by atoms with van der Waals surface area (Å²) in [5.74, 6) is -1.17. The maximum Gasteiger partial charge on any atom is 0.412 e. The number of rotatable bonds is 6. The van der Waals surface area contributed by atoms with Crippen LogP contribution < -0.4 is 10.6 Å². The van der Waals surface area contributed by atoms with Gasteiger partial charge in [-0.3, -0.25) is 10.1 Å². The highest BCUT2D eigenvalue weighted by Crippen LogP contribution is 2.21. The van der Waals surface area contributed by atoms with Gasteiger partial charge in [-0.2, -0.15) is 0 Å². The molecular weight excluding hydrogens is 376 g/mol. The number of ether oxygens (including phenoxy) is 3. The summed E-state index contributed by atoms with van der Waals surface area (Å²) in [4.78, 5) is 36.1. The molecule has 0 spiro atoms. The third kappa shape index (κ3) is 9.82. The first kappa shape index (κ1) is 24.3. The Morgan fingerprint density at radius 3 is 1.90 bits per heavy atom. The first-order valence-electron chi connectivity index (χ1n) is 9.54. The number of hydrogen-bond acceptors (Lipinski definition) is 6. The predicted octanol–water partition coefficient (Wildman–Crippen LogP) is 4.21. The number of carbonyl (C=O) groups is 3. The Balaban J connectivity index is 2.84. The van der Waals surface area contributed by atoms with Crippen molar-refractivity contribution >= 4 is 23.8 Å². The molecule has 0 heterocycles. The average Bonchev–Trinajstić information content (AvgIpc) is 2.53. The normalized spacial score (nSPS) is 12.5. The second kappa shape index (κ2) is 10.1. The van der Waals surface area contributed by atoms with Crippen molar-refractivity contribution in [3.63, 3.8) is 0 Å². The lowest BCUT2D eigenvalue weighted by atomic mass is 9.99. The molecule has 1 unspecified atom stereocenters. The zero-order valence-electron chi connectivity index (χ0n) is 18.3. The molecule has 0 bridgehead atoms. The minimum absolute atomic E-state index is 0.0204. The molecule has 0 fully saturated rings. The van der Waals surface area contributed by atoms with E-state index >= 15 is 0 Å². The van der Waals surface area contributed by atoms with Crippen molar-refractivity contribution in [3.05, 3.63) is 29.8 Å². The van der Waals surface area contributed by atoms with Gasteiger partial charge in [0, 0.05) is 12.2 Å². The van der Waals surface area contributed by atoms with Crippen LogP contribution in [0.4, 0.5) is 15.3 Å². The molecule has 1 aromatic carbocycles. The Bertz CT molecular complexity index is 701. The Kier molecular flexibility index (Phi) is 8.48. The summed E-state index contributed by atoms with van der Waals surface area (Å²) in [7, 11) is 0. The number of amides is 2. The molecule has 0 saturated heterocycles. The molecule has 1 aromatic rings. The van der Waals surface area contributed by atoms with Crippen LogP contribution >= 0.6 is 0 Å². The molecule has 0 aliphatic carbocycles. The van der Waals surface area contributed by atoms with E-state index in [9.17, 15) is 14.4 Å². The van der Waals surface area contributed by atoms with E-state index in [-0.39, 0.29) is 13.2 Å². The Morgan fingerprint density at radius 2 is 1.41 bits per heavy atom. The van der Waals surface area contributed by atoms with Crippen LogP contribution in [0.3, 0.4) is 0 Å². The van der Waals surface area contributed by atoms with Gasteiger partial charge < -0.3 is 19.5 Å². The highest BCUT2D eigenvalue weighted by atomic mass is 16.6. The zero-order valence-corrected chi connectivity index (χ0v) is 18.3. The minimum atomic E-state index is -0.710. The van der Waals surface area contributed by atoms with E-state index in [1.165, 1.54) is 0 Å². The highest BCUT2D eigenvalue weighted by Gasteiger charge is 2.25. The number of hydrogen-bond donors (Lipinski definition) is 2. The van der Waals surface area contributed by atoms with Gasteiger partial charge in [0.05, 0.1) is 12.5 Å². The molecule has 162 valence electrons. The highest BCUT2D eigenvalue weighted by molar-refractivity contribution is 5.85. The fourth-order valence-corrected chi connectivity index (χ4v) is 2.30. The van der Waals surface area contributed by atoms with Crippen LogP contribution in [0.5, 0.6) is 0 Å². The topological polar surface area (TPSA) is 103 Å². The lowest BCUT2D eigenvalue weighted by Gasteiger charge is -2.22. The van der Waals surface area contributed by atoms with Crippen molar-refractivity contribution in [2.24, 2.45) is 0 Å². The van der Waals surface area contributed by atoms with Gasteiger partial charge in [-0.1, -0.05) is 12.1 Å². The van der Waals surface area contributed by atoms with Gasteiger partial charge in [-0.15, -0.1) is 0 Å². The largest absolute Gasteiger partial charge is 0.465 e. The molecule has 0 aromatic heterocycles. The first-order valence-corrected chi connectivity index (χ1v) is 9.54. The number of esters is 1. The van der Waals surface area contributed by atoms with E-state index in [1.807, 2.05) is 0 Å². The Labute approximate surface area is 172 Å². The van der Waals surface area contributed by atoms with Gasteiger partial charge in [0.25, 0.3) is 0 Å². The molecule has 0 aliphatic rings. The summed E-state index contributed by atoms with van der Waals surface area (Å²) in [6.07, 6.45) is -1.19. The van der Waals surface area contributed by atoms with Crippen molar-refractivity contribution in [2.45, 2.75) is 65.6 Å². The fourth-order valence-electron chi connectivity index (χ4n) is 2.30. The third-order valence-corrected chi connectivity index (χ3v) is 3.38. The molecule has 2 amide bonds. The molecule has 8 nitrogen and oxygen atoms in total. The van der Waals surface area contributed by atoms with Gasteiger partial charge in [0.1, 0.15) is 11.2 Å². The zero-order chi connectivity index (χ0) is 22.2. The van der Waals surface area contributed by atoms with Gasteiger partial charge >= 0.3 is 18.2 Å². The minimum Gasteiger partial charge on any atom is -0.465 e. The fraction of sp³-hybridized carbons (Fsp3) is 0.571. The van der Waals surface area contributed by atoms with Crippen molar-refractivity contribution in [1.29, 1.82) is 0 Å². The first-order chi connectivity index (χ1) is 13.3. The van der Waals surface area contributed by atoms with Gasteiger partial charge in [-0.05, 0) is 66.2 Å². The number of carbonyl (C=O) groups excluding carboxylic acids is 3. The number of alkyl carbamates (subject to hydrolysis) is 1. The molecule has 1 rings (SSSR count). The monoisotopic (exact) mass is 408 g/mol. The number of benzene rings is 1. The predicted molar refractivity (Wildman–Crippen MR) is 110 cm³/mol. The molecule has 0 radical (unpaired) electrons. The van der Waals surface area contributed by atoms with Crippen LogP contribution in [0.2, 0.25) is 0 Å². The maximum atomic E-state index is 12.4. The van der Waals surface area contributed by atoms with Crippen molar-refractivity contribution in [1.82, 2.24) is 5.32 Å². The number of anilines is 1. The average molecular weight is 408 g/mol. The van der Waals surface area contributed by atoms with Crippen LogP contribution in [-0.2, 0) is 19.0 Å². The Morgan fingerprint density at radius 1 is 0.897 bits per heavy atom. The van der Waals surface area contributed by atoms with Gasteiger partial charge in [0.2, 0.25) is 0 Å². The van der Waals surface area contributed by atoms with Gasteiger partial charge in [-0.25, -0.2) is 9.59 Å².